The highest BCUT2D eigenvalue weighted by atomic mass is 79.9. The second-order valence-electron chi connectivity index (χ2n) is 3.05. The van der Waals surface area contributed by atoms with Crippen LogP contribution in [-0.4, -0.2) is 0 Å². The third-order valence-corrected chi connectivity index (χ3v) is 3.94. The van der Waals surface area contributed by atoms with Crippen LogP contribution < -0.4 is 5.73 Å². The van der Waals surface area contributed by atoms with Gasteiger partial charge in [0.2, 0.25) is 0 Å². The first-order valence-corrected chi connectivity index (χ1v) is 6.26. The molecule has 2 N–H and O–H groups in total. The molecule has 0 aromatic carbocycles. The first-order chi connectivity index (χ1) is 6.00. The van der Waals surface area contributed by atoms with Crippen LogP contribution in [-0.2, 0) is 0 Å². The molecule has 1 heterocycles. The molecule has 0 aliphatic carbocycles. The summed E-state index contributed by atoms with van der Waals surface area (Å²) in [4.78, 5) is 0. The molecule has 13 heavy (non-hydrogen) atoms. The quantitative estimate of drug-likeness (QED) is 0.809. The SMILES string of the molecule is CC(C)=CC(N)c1cc(Br)sc1Br. The summed E-state index contributed by atoms with van der Waals surface area (Å²) < 4.78 is 2.20. The third kappa shape index (κ3) is 3.20. The molecule has 0 amide bonds. The normalized spacial score (nSPS) is 12.7. The number of hydrogen-bond acceptors (Lipinski definition) is 2. The maximum absolute atomic E-state index is 5.99. The lowest BCUT2D eigenvalue weighted by Crippen LogP contribution is -2.06. The molecule has 0 saturated carbocycles. The zero-order chi connectivity index (χ0) is 10.0. The van der Waals surface area contributed by atoms with Gasteiger partial charge < -0.3 is 5.73 Å². The molecule has 1 nitrogen and oxygen atoms in total. The lowest BCUT2D eigenvalue weighted by atomic mass is 10.1. The molecule has 72 valence electrons. The van der Waals surface area contributed by atoms with E-state index in [9.17, 15) is 0 Å². The summed E-state index contributed by atoms with van der Waals surface area (Å²) >= 11 is 8.57. The Kier molecular flexibility index (Phi) is 4.16. The number of rotatable bonds is 2. The average Bonchev–Trinajstić information content (AvgIpc) is 2.28. The molecule has 0 radical (unpaired) electrons. The fourth-order valence-corrected chi connectivity index (χ4v) is 3.98. The molecule has 1 atom stereocenters. The third-order valence-electron chi connectivity index (χ3n) is 1.56. The van der Waals surface area contributed by atoms with Gasteiger partial charge in [0, 0.05) is 0 Å². The molecule has 1 aromatic heterocycles. The Morgan fingerprint density at radius 1 is 1.54 bits per heavy atom. The maximum Gasteiger partial charge on any atom is 0.0761 e. The molecule has 0 fully saturated rings. The predicted molar refractivity (Wildman–Crippen MR) is 66.1 cm³/mol. The Hall–Kier alpha value is 0.360. The topological polar surface area (TPSA) is 26.0 Å². The van der Waals surface area contributed by atoms with Crippen molar-refractivity contribution in [1.29, 1.82) is 0 Å². The lowest BCUT2D eigenvalue weighted by Gasteiger charge is -2.05. The smallest absolute Gasteiger partial charge is 0.0761 e. The summed E-state index contributed by atoms with van der Waals surface area (Å²) in [6.45, 7) is 4.10. The zero-order valence-electron chi connectivity index (χ0n) is 7.47. The van der Waals surface area contributed by atoms with E-state index >= 15 is 0 Å². The number of halogens is 2. The molecule has 0 aliphatic heterocycles. The van der Waals surface area contributed by atoms with E-state index in [0.29, 0.717) is 0 Å². The largest absolute Gasteiger partial charge is 0.321 e. The van der Waals surface area contributed by atoms with E-state index in [0.717, 1.165) is 13.1 Å². The summed E-state index contributed by atoms with van der Waals surface area (Å²) in [5, 5.41) is 0. The standard InChI is InChI=1S/C9H11Br2NS/c1-5(2)3-7(12)6-4-8(10)13-9(6)11/h3-4,7H,12H2,1-2H3. The van der Waals surface area contributed by atoms with Crippen LogP contribution in [0.5, 0.6) is 0 Å². The van der Waals surface area contributed by atoms with Crippen molar-refractivity contribution in [2.45, 2.75) is 19.9 Å². The summed E-state index contributed by atoms with van der Waals surface area (Å²) in [5.74, 6) is 0. The molecule has 0 aliphatic rings. The number of nitrogens with two attached hydrogens (primary N) is 1. The molecular weight excluding hydrogens is 314 g/mol. The van der Waals surface area contributed by atoms with Gasteiger partial charge in [-0.2, -0.15) is 0 Å². The van der Waals surface area contributed by atoms with E-state index in [1.807, 2.05) is 0 Å². The second-order valence-corrected chi connectivity index (χ2v) is 6.80. The van der Waals surface area contributed by atoms with E-state index in [-0.39, 0.29) is 6.04 Å². The summed E-state index contributed by atoms with van der Waals surface area (Å²) in [6, 6.07) is 2.04. The minimum Gasteiger partial charge on any atom is -0.321 e. The highest BCUT2D eigenvalue weighted by molar-refractivity contribution is 9.12. The fraction of sp³-hybridized carbons (Fsp3) is 0.333. The number of thiophene rings is 1. The van der Waals surface area contributed by atoms with Gasteiger partial charge in [-0.1, -0.05) is 11.6 Å². The van der Waals surface area contributed by atoms with E-state index in [4.69, 9.17) is 5.73 Å². The van der Waals surface area contributed by atoms with Crippen LogP contribution in [0, 0.1) is 0 Å². The van der Waals surface area contributed by atoms with Crippen LogP contribution in [0.3, 0.4) is 0 Å². The van der Waals surface area contributed by atoms with Gasteiger partial charge in [0.25, 0.3) is 0 Å². The molecule has 0 spiro atoms. The Labute approximate surface area is 99.3 Å². The Bertz CT molecular complexity index is 326. The van der Waals surface area contributed by atoms with Gasteiger partial charge in [0.05, 0.1) is 13.6 Å². The minimum absolute atomic E-state index is 0.0121. The van der Waals surface area contributed by atoms with Gasteiger partial charge in [-0.15, -0.1) is 11.3 Å². The fourth-order valence-electron chi connectivity index (χ4n) is 1.03. The lowest BCUT2D eigenvalue weighted by molar-refractivity contribution is 0.900. The van der Waals surface area contributed by atoms with Crippen LogP contribution in [0.15, 0.2) is 25.3 Å². The molecule has 0 saturated heterocycles. The van der Waals surface area contributed by atoms with E-state index in [1.165, 1.54) is 5.57 Å². The summed E-state index contributed by atoms with van der Waals surface area (Å²) in [7, 11) is 0. The average molecular weight is 325 g/mol. The summed E-state index contributed by atoms with van der Waals surface area (Å²) in [5.41, 5.74) is 8.36. The Morgan fingerprint density at radius 2 is 2.15 bits per heavy atom. The van der Waals surface area contributed by atoms with Crippen molar-refractivity contribution in [3.63, 3.8) is 0 Å². The van der Waals surface area contributed by atoms with Crippen LogP contribution >= 0.6 is 43.2 Å². The van der Waals surface area contributed by atoms with Crippen molar-refractivity contribution < 1.29 is 0 Å². The van der Waals surface area contributed by atoms with Crippen molar-refractivity contribution in [1.82, 2.24) is 0 Å². The monoisotopic (exact) mass is 323 g/mol. The van der Waals surface area contributed by atoms with E-state index in [2.05, 4.69) is 57.8 Å². The first-order valence-electron chi connectivity index (χ1n) is 3.86. The number of hydrogen-bond donors (Lipinski definition) is 1. The van der Waals surface area contributed by atoms with Gasteiger partial charge >= 0.3 is 0 Å². The molecule has 0 bridgehead atoms. The van der Waals surface area contributed by atoms with Crippen LogP contribution in [0.2, 0.25) is 0 Å². The van der Waals surface area contributed by atoms with Crippen molar-refractivity contribution in [2.24, 2.45) is 5.73 Å². The highest BCUT2D eigenvalue weighted by Crippen LogP contribution is 2.35. The molecular formula is C9H11Br2NS. The minimum atomic E-state index is -0.0121. The van der Waals surface area contributed by atoms with Gasteiger partial charge in [-0.05, 0) is 57.3 Å². The first kappa shape index (κ1) is 11.4. The second kappa shape index (κ2) is 4.73. The van der Waals surface area contributed by atoms with Crippen LogP contribution in [0.1, 0.15) is 25.5 Å². The highest BCUT2D eigenvalue weighted by Gasteiger charge is 2.10. The maximum atomic E-state index is 5.99. The summed E-state index contributed by atoms with van der Waals surface area (Å²) in [6.07, 6.45) is 2.05. The van der Waals surface area contributed by atoms with E-state index < -0.39 is 0 Å². The van der Waals surface area contributed by atoms with Crippen molar-refractivity contribution in [3.8, 4) is 0 Å². The van der Waals surface area contributed by atoms with E-state index in [1.54, 1.807) is 11.3 Å². The van der Waals surface area contributed by atoms with Crippen LogP contribution in [0.25, 0.3) is 0 Å². The van der Waals surface area contributed by atoms with Gasteiger partial charge in [0.1, 0.15) is 0 Å². The Morgan fingerprint density at radius 3 is 2.54 bits per heavy atom. The van der Waals surface area contributed by atoms with Gasteiger partial charge in [-0.25, -0.2) is 0 Å². The van der Waals surface area contributed by atoms with Crippen molar-refractivity contribution in [3.05, 3.63) is 30.9 Å². The zero-order valence-corrected chi connectivity index (χ0v) is 11.5. The molecule has 1 rings (SSSR count). The molecule has 4 heteroatoms. The predicted octanol–water partition coefficient (Wildman–Crippen LogP) is 4.24. The van der Waals surface area contributed by atoms with Crippen LogP contribution in [0.4, 0.5) is 0 Å². The molecule has 1 aromatic rings. The van der Waals surface area contributed by atoms with Gasteiger partial charge in [0.15, 0.2) is 0 Å². The Balaban J connectivity index is 2.94. The van der Waals surface area contributed by atoms with Gasteiger partial charge in [-0.3, -0.25) is 0 Å². The number of allylic oxidation sites excluding steroid dienone is 1. The van der Waals surface area contributed by atoms with Crippen molar-refractivity contribution in [2.75, 3.05) is 0 Å². The molecule has 1 unspecified atom stereocenters. The van der Waals surface area contributed by atoms with Crippen molar-refractivity contribution >= 4 is 43.2 Å².